The predicted molar refractivity (Wildman–Crippen MR) is 308 cm³/mol. The van der Waals surface area contributed by atoms with E-state index < -0.39 is 30.0 Å². The van der Waals surface area contributed by atoms with Crippen molar-refractivity contribution in [3.8, 4) is 46.3 Å². The van der Waals surface area contributed by atoms with Crippen molar-refractivity contribution in [1.82, 2.24) is 19.9 Å². The number of ether oxygens (including phenoxy) is 4. The van der Waals surface area contributed by atoms with Crippen LogP contribution in [0.4, 0.5) is 23.3 Å². The van der Waals surface area contributed by atoms with Gasteiger partial charge >= 0.3 is 0 Å². The first-order valence-electron chi connectivity index (χ1n) is 24.7. The molecule has 0 bridgehead atoms. The van der Waals surface area contributed by atoms with E-state index in [0.29, 0.717) is 23.0 Å². The molecule has 18 heteroatoms. The maximum absolute atomic E-state index is 13.0. The Bertz CT molecular complexity index is 4340. The van der Waals surface area contributed by atoms with Crippen LogP contribution in [0.2, 0.25) is 0 Å². The Labute approximate surface area is 457 Å². The largest absolute Gasteiger partial charge is 0.449 e. The zero-order chi connectivity index (χ0) is 54.8. The standard InChI is InChI=1S/C62H42N6O10S2/c69-79(70,71)57-35-45(65-61-63-37-55(75-51-25-9-17-39-13-1-5-21-47(39)51)59(67-61)77-53-27-11-19-41-15-3-7-23-49(41)53)33-31-43(57)29-30-44-32-34-46(36-58(44)80(72,73)74)66-62-64-38-56(76-52-26-10-18-40-14-2-6-22-48(40)52)60(68-62)78-54-28-12-20-42-16-4-8-24-50(42)54/h1-38H,(H,63,65,67)(H,64,66,68)(H,69,70,71)(H,72,73,74). The number of hydrogen-bond donors (Lipinski definition) is 4. The first kappa shape index (κ1) is 50.6. The molecular formula is C62H42N6O10S2. The monoisotopic (exact) mass is 1090 g/mol. The summed E-state index contributed by atoms with van der Waals surface area (Å²) in [7, 11) is -9.83. The molecule has 0 radical (unpaired) electrons. The molecule has 4 N–H and O–H groups in total. The summed E-state index contributed by atoms with van der Waals surface area (Å²) < 4.78 is 98.7. The van der Waals surface area contributed by atoms with Crippen LogP contribution in [0.5, 0.6) is 46.3 Å². The molecule has 2 aromatic heterocycles. The van der Waals surface area contributed by atoms with Crippen molar-refractivity contribution in [3.05, 3.63) is 230 Å². The predicted octanol–water partition coefficient (Wildman–Crippen LogP) is 15.2. The topological polar surface area (TPSA) is 221 Å². The average molecular weight is 1100 g/mol. The third-order valence-electron chi connectivity index (χ3n) is 12.8. The molecule has 0 saturated carbocycles. The molecule has 0 spiro atoms. The van der Waals surface area contributed by atoms with Gasteiger partial charge in [-0.15, -0.1) is 0 Å². The summed E-state index contributed by atoms with van der Waals surface area (Å²) in [4.78, 5) is 17.2. The van der Waals surface area contributed by atoms with Gasteiger partial charge in [0.2, 0.25) is 23.4 Å². The molecule has 0 unspecified atom stereocenters. The first-order valence-corrected chi connectivity index (χ1v) is 27.6. The van der Waals surface area contributed by atoms with E-state index in [1.54, 1.807) is 12.1 Å². The van der Waals surface area contributed by atoms with Crippen LogP contribution >= 0.6 is 0 Å². The molecular weight excluding hydrogens is 1050 g/mol. The lowest BCUT2D eigenvalue weighted by atomic mass is 10.1. The molecule has 0 atom stereocenters. The van der Waals surface area contributed by atoms with Crippen LogP contribution in [0, 0.1) is 0 Å². The van der Waals surface area contributed by atoms with Gasteiger partial charge in [0.25, 0.3) is 32.0 Å². The minimum absolute atomic E-state index is 0.00858. The Hall–Kier alpha value is -10.2. The second-order valence-corrected chi connectivity index (χ2v) is 20.9. The summed E-state index contributed by atoms with van der Waals surface area (Å²) >= 11 is 0. The Kier molecular flexibility index (Phi) is 13.5. The van der Waals surface area contributed by atoms with E-state index in [1.165, 1.54) is 48.8 Å². The van der Waals surface area contributed by atoms with E-state index in [9.17, 15) is 25.9 Å². The lowest BCUT2D eigenvalue weighted by Crippen LogP contribution is -2.05. The second kappa shape index (κ2) is 21.3. The zero-order valence-corrected chi connectivity index (χ0v) is 43.3. The molecule has 12 rings (SSSR count). The van der Waals surface area contributed by atoms with Gasteiger partial charge < -0.3 is 29.6 Å². The smallest absolute Gasteiger partial charge is 0.295 e. The van der Waals surface area contributed by atoms with Crippen molar-refractivity contribution >= 4 is 98.7 Å². The molecule has 0 aliphatic rings. The van der Waals surface area contributed by atoms with Gasteiger partial charge in [0.1, 0.15) is 32.8 Å². The summed E-state index contributed by atoms with van der Waals surface area (Å²) in [6.45, 7) is 0. The van der Waals surface area contributed by atoms with E-state index in [4.69, 9.17) is 18.9 Å². The second-order valence-electron chi connectivity index (χ2n) is 18.1. The van der Waals surface area contributed by atoms with E-state index >= 15 is 0 Å². The van der Waals surface area contributed by atoms with Gasteiger partial charge in [-0.2, -0.15) is 26.8 Å². The van der Waals surface area contributed by atoms with Crippen LogP contribution in [0.1, 0.15) is 11.1 Å². The van der Waals surface area contributed by atoms with Crippen LogP contribution in [0.25, 0.3) is 55.2 Å². The molecule has 2 heterocycles. The quantitative estimate of drug-likeness (QED) is 0.0522. The van der Waals surface area contributed by atoms with Gasteiger partial charge in [0, 0.05) is 32.9 Å². The molecule has 0 saturated heterocycles. The lowest BCUT2D eigenvalue weighted by Gasteiger charge is -2.15. The molecule has 392 valence electrons. The van der Waals surface area contributed by atoms with E-state index in [0.717, 1.165) is 55.2 Å². The molecule has 16 nitrogen and oxygen atoms in total. The Morgan fingerprint density at radius 2 is 0.675 bits per heavy atom. The summed E-state index contributed by atoms with van der Waals surface area (Å²) in [5.41, 5.74) is 0.255. The SMILES string of the molecule is O=S(=O)(O)c1cc(Nc2ncc(Oc3cccc4ccccc34)c(Oc3cccc4ccccc34)n2)ccc1C=Cc1ccc(Nc2ncc(Oc3cccc4ccccc34)c(Oc3cccc4ccccc34)n2)cc1S(=O)(=O)O. The molecule has 0 amide bonds. The highest BCUT2D eigenvalue weighted by molar-refractivity contribution is 7.86. The van der Waals surface area contributed by atoms with Crippen LogP contribution in [0.3, 0.4) is 0 Å². The number of anilines is 4. The average Bonchev–Trinajstić information content (AvgIpc) is 3.46. The number of aromatic nitrogens is 4. The maximum Gasteiger partial charge on any atom is 0.295 e. The van der Waals surface area contributed by atoms with Crippen LogP contribution in [-0.4, -0.2) is 45.9 Å². The maximum atomic E-state index is 13.0. The van der Waals surface area contributed by atoms with Gasteiger partial charge in [0.15, 0.2) is 0 Å². The zero-order valence-electron chi connectivity index (χ0n) is 41.7. The van der Waals surface area contributed by atoms with Gasteiger partial charge in [-0.3, -0.25) is 9.11 Å². The first-order chi connectivity index (χ1) is 38.9. The fourth-order valence-corrected chi connectivity index (χ4v) is 10.5. The van der Waals surface area contributed by atoms with Gasteiger partial charge in [-0.25, -0.2) is 9.97 Å². The van der Waals surface area contributed by atoms with E-state index in [1.807, 2.05) is 158 Å². The van der Waals surface area contributed by atoms with Crippen LogP contribution in [0.15, 0.2) is 228 Å². The number of rotatable bonds is 16. The highest BCUT2D eigenvalue weighted by atomic mass is 32.2. The van der Waals surface area contributed by atoms with Crippen molar-refractivity contribution in [2.75, 3.05) is 10.6 Å². The minimum Gasteiger partial charge on any atom is -0.449 e. The van der Waals surface area contributed by atoms with Crippen molar-refractivity contribution < 1.29 is 44.9 Å². The fraction of sp³-hybridized carbons (Fsp3) is 0. The fourth-order valence-electron chi connectivity index (χ4n) is 9.09. The number of fused-ring (bicyclic) bond motifs is 4. The summed E-state index contributed by atoms with van der Waals surface area (Å²) in [5.74, 6) is 2.49. The van der Waals surface area contributed by atoms with Gasteiger partial charge in [0.05, 0.1) is 12.4 Å². The van der Waals surface area contributed by atoms with E-state index in [-0.39, 0.29) is 57.7 Å². The van der Waals surface area contributed by atoms with Crippen molar-refractivity contribution in [2.24, 2.45) is 0 Å². The van der Waals surface area contributed by atoms with Crippen LogP contribution < -0.4 is 29.6 Å². The van der Waals surface area contributed by atoms with Crippen molar-refractivity contribution in [2.45, 2.75) is 9.79 Å². The summed E-state index contributed by atoms with van der Waals surface area (Å²) in [6, 6.07) is 61.5. The molecule has 0 aliphatic carbocycles. The summed E-state index contributed by atoms with van der Waals surface area (Å²) in [5, 5.41) is 13.1. The number of nitrogens with one attached hydrogen (secondary N) is 2. The highest BCUT2D eigenvalue weighted by Crippen LogP contribution is 2.41. The molecule has 0 fully saturated rings. The third kappa shape index (κ3) is 10.9. The lowest BCUT2D eigenvalue weighted by molar-refractivity contribution is 0.408. The minimum atomic E-state index is -4.91. The van der Waals surface area contributed by atoms with Gasteiger partial charge in [-0.1, -0.05) is 170 Å². The summed E-state index contributed by atoms with van der Waals surface area (Å²) in [6.07, 6.45) is 5.42. The Morgan fingerprint density at radius 3 is 1.01 bits per heavy atom. The number of hydrogen-bond acceptors (Lipinski definition) is 14. The normalized spacial score (nSPS) is 11.8. The molecule has 10 aromatic carbocycles. The van der Waals surface area contributed by atoms with Gasteiger partial charge in [-0.05, 0) is 81.2 Å². The Morgan fingerprint density at radius 1 is 0.362 bits per heavy atom. The number of benzene rings is 10. The highest BCUT2D eigenvalue weighted by Gasteiger charge is 2.22. The van der Waals surface area contributed by atoms with Crippen LogP contribution in [-0.2, 0) is 20.2 Å². The van der Waals surface area contributed by atoms with E-state index in [2.05, 4.69) is 30.6 Å². The number of nitrogens with zero attached hydrogens (tertiary/aromatic N) is 4. The molecule has 80 heavy (non-hydrogen) atoms. The molecule has 0 aliphatic heterocycles. The third-order valence-corrected chi connectivity index (χ3v) is 14.7. The van der Waals surface area contributed by atoms with Crippen molar-refractivity contribution in [3.63, 3.8) is 0 Å². The molecule has 12 aromatic rings. The van der Waals surface area contributed by atoms with Crippen molar-refractivity contribution in [1.29, 1.82) is 0 Å². The Balaban J connectivity index is 0.831.